The van der Waals surface area contributed by atoms with Crippen molar-refractivity contribution in [1.29, 1.82) is 0 Å². The van der Waals surface area contributed by atoms with Gasteiger partial charge in [0.1, 0.15) is 0 Å². The summed E-state index contributed by atoms with van der Waals surface area (Å²) in [5.74, 6) is -0.730. The lowest BCUT2D eigenvalue weighted by molar-refractivity contribution is -0.115. The molecule has 0 unspecified atom stereocenters. The van der Waals surface area contributed by atoms with Crippen LogP contribution in [0.15, 0.2) is 48.5 Å². The van der Waals surface area contributed by atoms with Crippen molar-refractivity contribution in [3.8, 4) is 0 Å². The van der Waals surface area contributed by atoms with Gasteiger partial charge >= 0.3 is 6.09 Å². The van der Waals surface area contributed by atoms with E-state index in [0.29, 0.717) is 11.3 Å². The highest BCUT2D eigenvalue weighted by atomic mass is 16.5. The number of hydrogen-bond donors (Lipinski definition) is 3. The van der Waals surface area contributed by atoms with E-state index in [9.17, 15) is 14.4 Å². The molecule has 2 aromatic rings. The van der Waals surface area contributed by atoms with Crippen LogP contribution in [0.4, 0.5) is 16.2 Å². The van der Waals surface area contributed by atoms with Crippen LogP contribution in [0.5, 0.6) is 0 Å². The number of ether oxygens (including phenoxy) is 1. The Morgan fingerprint density at radius 2 is 1.74 bits per heavy atom. The topological polar surface area (TPSA) is 96.5 Å². The van der Waals surface area contributed by atoms with E-state index in [4.69, 9.17) is 4.74 Å². The third-order valence-corrected chi connectivity index (χ3v) is 3.73. The number of rotatable bonds is 7. The molecule has 0 saturated heterocycles. The fraction of sp³-hybridized carbons (Fsp3) is 0.250. The molecular formula is C20H23N3O4. The Morgan fingerprint density at radius 3 is 2.48 bits per heavy atom. The average Bonchev–Trinajstić information content (AvgIpc) is 2.67. The standard InChI is InChI=1S/C20H23N3O4/c1-3-14-8-5-6-11-17(14)23-18(24)13-21-19(25)15-9-7-10-16(12-15)22-20(26)27-4-2/h5-12H,3-4,13H2,1-2H3,(H,21,25)(H,22,26)(H,23,24). The molecule has 0 fully saturated rings. The van der Waals surface area contributed by atoms with Crippen molar-refractivity contribution in [2.24, 2.45) is 0 Å². The SMILES string of the molecule is CCOC(=O)Nc1cccc(C(=O)NCC(=O)Nc2ccccc2CC)c1. The van der Waals surface area contributed by atoms with Crippen molar-refractivity contribution in [1.82, 2.24) is 5.32 Å². The molecule has 3 N–H and O–H groups in total. The predicted molar refractivity (Wildman–Crippen MR) is 104 cm³/mol. The average molecular weight is 369 g/mol. The molecule has 27 heavy (non-hydrogen) atoms. The van der Waals surface area contributed by atoms with Gasteiger partial charge in [0.15, 0.2) is 0 Å². The van der Waals surface area contributed by atoms with Gasteiger partial charge in [0, 0.05) is 16.9 Å². The number of carbonyl (C=O) groups excluding carboxylic acids is 3. The van der Waals surface area contributed by atoms with Gasteiger partial charge in [-0.2, -0.15) is 0 Å². The summed E-state index contributed by atoms with van der Waals surface area (Å²) < 4.78 is 4.80. The molecule has 0 saturated carbocycles. The van der Waals surface area contributed by atoms with E-state index in [1.165, 1.54) is 6.07 Å². The monoisotopic (exact) mass is 369 g/mol. The molecule has 0 spiro atoms. The molecule has 0 aromatic heterocycles. The molecule has 2 rings (SSSR count). The van der Waals surface area contributed by atoms with Gasteiger partial charge in [-0.1, -0.05) is 31.2 Å². The lowest BCUT2D eigenvalue weighted by Gasteiger charge is -2.11. The van der Waals surface area contributed by atoms with Gasteiger partial charge in [-0.25, -0.2) is 4.79 Å². The number of nitrogens with one attached hydrogen (secondary N) is 3. The van der Waals surface area contributed by atoms with E-state index in [2.05, 4.69) is 16.0 Å². The zero-order valence-corrected chi connectivity index (χ0v) is 15.4. The van der Waals surface area contributed by atoms with Gasteiger partial charge in [-0.3, -0.25) is 14.9 Å². The van der Waals surface area contributed by atoms with E-state index in [1.54, 1.807) is 25.1 Å². The second-order valence-electron chi connectivity index (χ2n) is 5.67. The van der Waals surface area contributed by atoms with Crippen molar-refractivity contribution in [3.05, 3.63) is 59.7 Å². The molecule has 2 aromatic carbocycles. The van der Waals surface area contributed by atoms with Crippen LogP contribution in [0.1, 0.15) is 29.8 Å². The normalized spacial score (nSPS) is 10.0. The number of para-hydroxylation sites is 1. The third-order valence-electron chi connectivity index (χ3n) is 3.73. The molecule has 7 nitrogen and oxygen atoms in total. The highest BCUT2D eigenvalue weighted by Crippen LogP contribution is 2.15. The van der Waals surface area contributed by atoms with Crippen molar-refractivity contribution < 1.29 is 19.1 Å². The maximum Gasteiger partial charge on any atom is 0.411 e. The second-order valence-corrected chi connectivity index (χ2v) is 5.67. The highest BCUT2D eigenvalue weighted by molar-refractivity contribution is 6.00. The summed E-state index contributed by atoms with van der Waals surface area (Å²) in [6, 6.07) is 13.9. The van der Waals surface area contributed by atoms with Gasteiger partial charge in [-0.15, -0.1) is 0 Å². The zero-order chi connectivity index (χ0) is 19.6. The number of amides is 3. The Kier molecular flexibility index (Phi) is 7.37. The van der Waals surface area contributed by atoms with E-state index in [1.807, 2.05) is 31.2 Å². The number of aryl methyl sites for hydroxylation is 1. The Bertz CT molecular complexity index is 820. The molecule has 142 valence electrons. The van der Waals surface area contributed by atoms with Crippen LogP contribution in [-0.2, 0) is 16.0 Å². The molecule has 0 radical (unpaired) electrons. The molecule has 0 atom stereocenters. The lowest BCUT2D eigenvalue weighted by Crippen LogP contribution is -2.33. The van der Waals surface area contributed by atoms with E-state index in [-0.39, 0.29) is 19.1 Å². The number of hydrogen-bond acceptors (Lipinski definition) is 4. The maximum atomic E-state index is 12.3. The Morgan fingerprint density at radius 1 is 0.963 bits per heavy atom. The summed E-state index contributed by atoms with van der Waals surface area (Å²) in [6.45, 7) is 3.80. The van der Waals surface area contributed by atoms with E-state index >= 15 is 0 Å². The minimum atomic E-state index is -0.593. The highest BCUT2D eigenvalue weighted by Gasteiger charge is 2.11. The first kappa shape index (κ1) is 20.0. The Hall–Kier alpha value is -3.35. The molecule has 0 aliphatic carbocycles. The van der Waals surface area contributed by atoms with Crippen LogP contribution in [-0.4, -0.2) is 31.1 Å². The minimum Gasteiger partial charge on any atom is -0.450 e. The van der Waals surface area contributed by atoms with Gasteiger partial charge in [-0.05, 0) is 43.2 Å². The first-order valence-electron chi connectivity index (χ1n) is 8.73. The summed E-state index contributed by atoms with van der Waals surface area (Å²) in [5, 5.41) is 7.89. The molecule has 0 aliphatic rings. The van der Waals surface area contributed by atoms with Gasteiger partial charge in [0.25, 0.3) is 5.91 Å². The quantitative estimate of drug-likeness (QED) is 0.698. The largest absolute Gasteiger partial charge is 0.450 e. The molecule has 3 amide bonds. The number of carbonyl (C=O) groups is 3. The van der Waals surface area contributed by atoms with Gasteiger partial charge in [0.2, 0.25) is 5.91 Å². The van der Waals surface area contributed by atoms with Gasteiger partial charge in [0.05, 0.1) is 13.2 Å². The molecular weight excluding hydrogens is 346 g/mol. The molecule has 7 heteroatoms. The Labute approximate surface area is 158 Å². The summed E-state index contributed by atoms with van der Waals surface area (Å²) >= 11 is 0. The van der Waals surface area contributed by atoms with Crippen LogP contribution in [0.25, 0.3) is 0 Å². The van der Waals surface area contributed by atoms with Crippen LogP contribution in [0.3, 0.4) is 0 Å². The fourth-order valence-electron chi connectivity index (χ4n) is 2.43. The van der Waals surface area contributed by atoms with Crippen LogP contribution in [0.2, 0.25) is 0 Å². The summed E-state index contributed by atoms with van der Waals surface area (Å²) in [7, 11) is 0. The van der Waals surface area contributed by atoms with E-state index in [0.717, 1.165) is 17.7 Å². The Balaban J connectivity index is 1.91. The predicted octanol–water partition coefficient (Wildman–Crippen LogP) is 3.19. The van der Waals surface area contributed by atoms with E-state index < -0.39 is 12.0 Å². The van der Waals surface area contributed by atoms with Crippen LogP contribution in [0, 0.1) is 0 Å². The fourth-order valence-corrected chi connectivity index (χ4v) is 2.43. The number of anilines is 2. The smallest absolute Gasteiger partial charge is 0.411 e. The molecule has 0 bridgehead atoms. The van der Waals surface area contributed by atoms with Crippen LogP contribution >= 0.6 is 0 Å². The van der Waals surface area contributed by atoms with Crippen molar-refractivity contribution in [3.63, 3.8) is 0 Å². The maximum absolute atomic E-state index is 12.3. The zero-order valence-electron chi connectivity index (χ0n) is 15.4. The summed E-state index contributed by atoms with van der Waals surface area (Å²) in [4.78, 5) is 35.8. The van der Waals surface area contributed by atoms with Crippen molar-refractivity contribution in [2.45, 2.75) is 20.3 Å². The second kappa shape index (κ2) is 9.96. The first-order valence-corrected chi connectivity index (χ1v) is 8.73. The van der Waals surface area contributed by atoms with Crippen LogP contribution < -0.4 is 16.0 Å². The van der Waals surface area contributed by atoms with Crippen molar-refractivity contribution in [2.75, 3.05) is 23.8 Å². The first-order chi connectivity index (χ1) is 13.0. The molecule has 0 aliphatic heterocycles. The summed E-state index contributed by atoms with van der Waals surface area (Å²) in [6.07, 6.45) is 0.201. The lowest BCUT2D eigenvalue weighted by atomic mass is 10.1. The van der Waals surface area contributed by atoms with Gasteiger partial charge < -0.3 is 15.4 Å². The third kappa shape index (κ3) is 6.14. The molecule has 0 heterocycles. The number of benzene rings is 2. The minimum absolute atomic E-state index is 0.160. The van der Waals surface area contributed by atoms with Crippen molar-refractivity contribution >= 4 is 29.3 Å². The summed E-state index contributed by atoms with van der Waals surface area (Å²) in [5.41, 5.74) is 2.52.